The lowest BCUT2D eigenvalue weighted by molar-refractivity contribution is 0.612. The molecule has 4 heteroatoms. The van der Waals surface area contributed by atoms with Crippen LogP contribution in [0, 0.1) is 25.2 Å². The number of aryl methyl sites for hydroxylation is 2. The van der Waals surface area contributed by atoms with Gasteiger partial charge in [-0.2, -0.15) is 5.26 Å². The standard InChI is InChI=1S/C17H17N3O/c1-11-5-12(2)7-15(6-11)20-16-3-4-19-10-14(16)8-13(9-18)17(20)21/h5-8,19H,3-4,10H2,1-2H3. The van der Waals surface area contributed by atoms with Crippen molar-refractivity contribution in [3.05, 3.63) is 62.6 Å². The summed E-state index contributed by atoms with van der Waals surface area (Å²) in [7, 11) is 0. The Morgan fingerprint density at radius 2 is 1.90 bits per heavy atom. The van der Waals surface area contributed by atoms with E-state index < -0.39 is 0 Å². The predicted octanol–water partition coefficient (Wildman–Crippen LogP) is 1.97. The Balaban J connectivity index is 2.35. The van der Waals surface area contributed by atoms with Gasteiger partial charge in [0.2, 0.25) is 0 Å². The first kappa shape index (κ1) is 13.6. The average Bonchev–Trinajstić information content (AvgIpc) is 2.45. The zero-order chi connectivity index (χ0) is 15.0. The van der Waals surface area contributed by atoms with Crippen molar-refractivity contribution in [3.8, 4) is 11.8 Å². The highest BCUT2D eigenvalue weighted by molar-refractivity contribution is 5.45. The Morgan fingerprint density at radius 1 is 1.19 bits per heavy atom. The second-order valence-corrected chi connectivity index (χ2v) is 5.56. The van der Waals surface area contributed by atoms with Gasteiger partial charge in [-0.15, -0.1) is 0 Å². The molecule has 1 aromatic heterocycles. The van der Waals surface area contributed by atoms with Gasteiger partial charge in [-0.05, 0) is 48.7 Å². The fraction of sp³-hybridized carbons (Fsp3) is 0.294. The summed E-state index contributed by atoms with van der Waals surface area (Å²) in [4.78, 5) is 12.6. The van der Waals surface area contributed by atoms with E-state index in [2.05, 4.69) is 11.4 Å². The quantitative estimate of drug-likeness (QED) is 0.868. The molecule has 0 fully saturated rings. The summed E-state index contributed by atoms with van der Waals surface area (Å²) in [5.41, 5.74) is 5.12. The van der Waals surface area contributed by atoms with Gasteiger partial charge in [0.05, 0.1) is 0 Å². The largest absolute Gasteiger partial charge is 0.312 e. The van der Waals surface area contributed by atoms with Crippen LogP contribution in [0.25, 0.3) is 5.69 Å². The van der Waals surface area contributed by atoms with Crippen LogP contribution in [0.1, 0.15) is 27.9 Å². The molecule has 0 spiro atoms. The Kier molecular flexibility index (Phi) is 3.36. The third-order valence-corrected chi connectivity index (χ3v) is 3.83. The zero-order valence-corrected chi connectivity index (χ0v) is 12.2. The normalized spacial score (nSPS) is 13.6. The first-order valence-electron chi connectivity index (χ1n) is 7.07. The number of hydrogen-bond donors (Lipinski definition) is 1. The van der Waals surface area contributed by atoms with Crippen molar-refractivity contribution in [1.29, 1.82) is 5.26 Å². The number of benzene rings is 1. The molecule has 21 heavy (non-hydrogen) atoms. The molecule has 0 bridgehead atoms. The minimum atomic E-state index is -0.219. The number of pyridine rings is 1. The molecule has 0 radical (unpaired) electrons. The zero-order valence-electron chi connectivity index (χ0n) is 12.2. The van der Waals surface area contributed by atoms with Gasteiger partial charge in [-0.1, -0.05) is 6.07 Å². The van der Waals surface area contributed by atoms with Crippen molar-refractivity contribution >= 4 is 0 Å². The van der Waals surface area contributed by atoms with Crippen molar-refractivity contribution in [3.63, 3.8) is 0 Å². The van der Waals surface area contributed by atoms with E-state index in [9.17, 15) is 10.1 Å². The van der Waals surface area contributed by atoms with Gasteiger partial charge in [-0.3, -0.25) is 9.36 Å². The molecule has 1 aliphatic rings. The van der Waals surface area contributed by atoms with Gasteiger partial charge in [0.1, 0.15) is 11.6 Å². The van der Waals surface area contributed by atoms with Crippen molar-refractivity contribution in [2.24, 2.45) is 0 Å². The summed E-state index contributed by atoms with van der Waals surface area (Å²) in [6, 6.07) is 9.82. The number of rotatable bonds is 1. The van der Waals surface area contributed by atoms with Crippen LogP contribution in [0.2, 0.25) is 0 Å². The van der Waals surface area contributed by atoms with Crippen LogP contribution in [0.5, 0.6) is 0 Å². The van der Waals surface area contributed by atoms with E-state index >= 15 is 0 Å². The number of nitriles is 1. The van der Waals surface area contributed by atoms with Crippen molar-refractivity contribution in [1.82, 2.24) is 9.88 Å². The maximum Gasteiger partial charge on any atom is 0.273 e. The van der Waals surface area contributed by atoms with E-state index in [0.717, 1.165) is 41.0 Å². The van der Waals surface area contributed by atoms with Crippen LogP contribution in [0.4, 0.5) is 0 Å². The van der Waals surface area contributed by atoms with Crippen LogP contribution >= 0.6 is 0 Å². The van der Waals surface area contributed by atoms with Gasteiger partial charge in [0.15, 0.2) is 0 Å². The SMILES string of the molecule is Cc1cc(C)cc(-n2c3c(cc(C#N)c2=O)CNCC3)c1. The highest BCUT2D eigenvalue weighted by Gasteiger charge is 2.18. The fourth-order valence-corrected chi connectivity index (χ4v) is 2.99. The third kappa shape index (κ3) is 2.37. The van der Waals surface area contributed by atoms with E-state index in [1.165, 1.54) is 0 Å². The Labute approximate surface area is 123 Å². The number of hydrogen-bond acceptors (Lipinski definition) is 3. The van der Waals surface area contributed by atoms with E-state index in [0.29, 0.717) is 6.54 Å². The van der Waals surface area contributed by atoms with Gasteiger partial charge in [0, 0.05) is 30.9 Å². The summed E-state index contributed by atoms with van der Waals surface area (Å²) in [5.74, 6) is 0. The topological polar surface area (TPSA) is 57.8 Å². The molecule has 1 aromatic carbocycles. The summed E-state index contributed by atoms with van der Waals surface area (Å²) in [6.45, 7) is 5.59. The first-order valence-corrected chi connectivity index (χ1v) is 7.07. The molecule has 2 aromatic rings. The number of aromatic nitrogens is 1. The lowest BCUT2D eigenvalue weighted by Crippen LogP contribution is -2.33. The molecule has 0 saturated heterocycles. The van der Waals surface area contributed by atoms with E-state index in [1.54, 1.807) is 10.6 Å². The van der Waals surface area contributed by atoms with E-state index in [1.807, 2.05) is 32.0 Å². The number of nitrogens with one attached hydrogen (secondary N) is 1. The predicted molar refractivity (Wildman–Crippen MR) is 81.6 cm³/mol. The summed E-state index contributed by atoms with van der Waals surface area (Å²) in [5, 5.41) is 12.5. The van der Waals surface area contributed by atoms with Crippen LogP contribution < -0.4 is 10.9 Å². The smallest absolute Gasteiger partial charge is 0.273 e. The summed E-state index contributed by atoms with van der Waals surface area (Å²) < 4.78 is 1.72. The van der Waals surface area contributed by atoms with Gasteiger partial charge in [-0.25, -0.2) is 0 Å². The Hall–Kier alpha value is -2.38. The highest BCUT2D eigenvalue weighted by Crippen LogP contribution is 2.19. The van der Waals surface area contributed by atoms with Gasteiger partial charge in [0.25, 0.3) is 5.56 Å². The minimum absolute atomic E-state index is 0.205. The molecule has 0 saturated carbocycles. The fourth-order valence-electron chi connectivity index (χ4n) is 2.99. The molecule has 106 valence electrons. The second-order valence-electron chi connectivity index (χ2n) is 5.56. The molecule has 3 rings (SSSR count). The molecule has 0 aliphatic carbocycles. The molecule has 0 amide bonds. The van der Waals surface area contributed by atoms with Crippen LogP contribution in [-0.4, -0.2) is 11.1 Å². The maximum absolute atomic E-state index is 12.6. The molecular formula is C17H17N3O. The van der Waals surface area contributed by atoms with Crippen LogP contribution in [0.15, 0.2) is 29.1 Å². The second kappa shape index (κ2) is 5.19. The van der Waals surface area contributed by atoms with E-state index in [4.69, 9.17) is 0 Å². The summed E-state index contributed by atoms with van der Waals surface area (Å²) in [6.07, 6.45) is 0.795. The number of fused-ring (bicyclic) bond motifs is 1. The Bertz CT molecular complexity index is 792. The van der Waals surface area contributed by atoms with Crippen molar-refractivity contribution in [2.45, 2.75) is 26.8 Å². The molecule has 0 unspecified atom stereocenters. The monoisotopic (exact) mass is 279 g/mol. The van der Waals surface area contributed by atoms with Crippen molar-refractivity contribution < 1.29 is 0 Å². The van der Waals surface area contributed by atoms with E-state index in [-0.39, 0.29) is 11.1 Å². The highest BCUT2D eigenvalue weighted by atomic mass is 16.1. The van der Waals surface area contributed by atoms with Gasteiger partial charge < -0.3 is 5.32 Å². The molecule has 4 nitrogen and oxygen atoms in total. The molecular weight excluding hydrogens is 262 g/mol. The lowest BCUT2D eigenvalue weighted by Gasteiger charge is -2.22. The molecule has 1 aliphatic heterocycles. The molecule has 2 heterocycles. The molecule has 1 N–H and O–H groups in total. The molecule has 0 atom stereocenters. The average molecular weight is 279 g/mol. The maximum atomic E-state index is 12.6. The first-order chi connectivity index (χ1) is 10.1. The van der Waals surface area contributed by atoms with Crippen LogP contribution in [0.3, 0.4) is 0 Å². The number of nitrogens with zero attached hydrogens (tertiary/aromatic N) is 2. The Morgan fingerprint density at radius 3 is 2.57 bits per heavy atom. The van der Waals surface area contributed by atoms with Crippen LogP contribution in [-0.2, 0) is 13.0 Å². The van der Waals surface area contributed by atoms with Crippen molar-refractivity contribution in [2.75, 3.05) is 6.54 Å². The third-order valence-electron chi connectivity index (χ3n) is 3.83. The summed E-state index contributed by atoms with van der Waals surface area (Å²) >= 11 is 0. The minimum Gasteiger partial charge on any atom is -0.312 e. The van der Waals surface area contributed by atoms with Gasteiger partial charge >= 0.3 is 0 Å². The lowest BCUT2D eigenvalue weighted by atomic mass is 10.0.